The number of carbonyl (C=O) groups excluding carboxylic acids is 2. The number of amides is 2. The summed E-state index contributed by atoms with van der Waals surface area (Å²) in [6, 6.07) is 0.172. The fourth-order valence-electron chi connectivity index (χ4n) is 2.24. The highest BCUT2D eigenvalue weighted by Crippen LogP contribution is 2.19. The van der Waals surface area contributed by atoms with Crippen LogP contribution in [0.2, 0.25) is 0 Å². The Morgan fingerprint density at radius 3 is 2.20 bits per heavy atom. The van der Waals surface area contributed by atoms with Crippen molar-refractivity contribution in [3.05, 3.63) is 0 Å². The van der Waals surface area contributed by atoms with Crippen molar-refractivity contribution in [2.24, 2.45) is 5.92 Å². The van der Waals surface area contributed by atoms with Crippen LogP contribution in [0.3, 0.4) is 0 Å². The van der Waals surface area contributed by atoms with E-state index >= 15 is 0 Å². The van der Waals surface area contributed by atoms with Gasteiger partial charge in [0.1, 0.15) is 0 Å². The van der Waals surface area contributed by atoms with Gasteiger partial charge in [-0.15, -0.1) is 0 Å². The second-order valence-corrected chi connectivity index (χ2v) is 7.55. The number of hydrogen-bond acceptors (Lipinski definition) is 4. The summed E-state index contributed by atoms with van der Waals surface area (Å²) in [4.78, 5) is 23.0. The predicted molar refractivity (Wildman–Crippen MR) is 73.3 cm³/mol. The zero-order chi connectivity index (χ0) is 14.8. The molecule has 0 unspecified atom stereocenters. The van der Waals surface area contributed by atoms with Gasteiger partial charge < -0.3 is 10.6 Å². The number of hydrogen-bond donors (Lipinski definition) is 2. The van der Waals surface area contributed by atoms with E-state index in [4.69, 9.17) is 0 Å². The molecule has 1 aliphatic heterocycles. The van der Waals surface area contributed by atoms with Crippen LogP contribution in [0.15, 0.2) is 0 Å². The Morgan fingerprint density at radius 1 is 1.10 bits per heavy atom. The molecule has 0 spiro atoms. The van der Waals surface area contributed by atoms with E-state index in [1.54, 1.807) is 0 Å². The molecule has 0 radical (unpaired) electrons. The van der Waals surface area contributed by atoms with Crippen molar-refractivity contribution in [3.63, 3.8) is 0 Å². The molecule has 0 atom stereocenters. The summed E-state index contributed by atoms with van der Waals surface area (Å²) in [6.07, 6.45) is 4.51. The van der Waals surface area contributed by atoms with Gasteiger partial charge in [0.15, 0.2) is 0 Å². The lowest BCUT2D eigenvalue weighted by atomic mass is 9.98. The van der Waals surface area contributed by atoms with Gasteiger partial charge in [-0.1, -0.05) is 0 Å². The van der Waals surface area contributed by atoms with Gasteiger partial charge >= 0.3 is 11.8 Å². The minimum absolute atomic E-state index is 0.172. The van der Waals surface area contributed by atoms with E-state index in [1.165, 1.54) is 10.6 Å². The van der Waals surface area contributed by atoms with Gasteiger partial charge in [-0.3, -0.25) is 9.59 Å². The Kier molecular flexibility index (Phi) is 4.64. The van der Waals surface area contributed by atoms with Crippen LogP contribution in [0.4, 0.5) is 0 Å². The zero-order valence-corrected chi connectivity index (χ0v) is 12.4. The Morgan fingerprint density at radius 2 is 1.70 bits per heavy atom. The molecule has 1 heterocycles. The minimum atomic E-state index is -3.12. The first-order valence-electron chi connectivity index (χ1n) is 6.90. The van der Waals surface area contributed by atoms with E-state index in [2.05, 4.69) is 10.6 Å². The zero-order valence-electron chi connectivity index (χ0n) is 11.6. The van der Waals surface area contributed by atoms with Crippen molar-refractivity contribution in [2.75, 3.05) is 25.9 Å². The molecule has 1 saturated heterocycles. The molecule has 1 saturated carbocycles. The topological polar surface area (TPSA) is 95.6 Å². The van der Waals surface area contributed by atoms with Crippen LogP contribution in [0.1, 0.15) is 25.7 Å². The van der Waals surface area contributed by atoms with Crippen LogP contribution < -0.4 is 10.6 Å². The molecule has 0 aromatic heterocycles. The molecule has 1 aliphatic carbocycles. The highest BCUT2D eigenvalue weighted by Gasteiger charge is 2.28. The molecule has 2 fully saturated rings. The van der Waals surface area contributed by atoms with Crippen LogP contribution in [0.5, 0.6) is 0 Å². The van der Waals surface area contributed by atoms with Crippen molar-refractivity contribution in [3.8, 4) is 0 Å². The number of rotatable bonds is 4. The summed E-state index contributed by atoms with van der Waals surface area (Å²) < 4.78 is 24.2. The first-order valence-corrected chi connectivity index (χ1v) is 8.75. The molecule has 8 heteroatoms. The predicted octanol–water partition coefficient (Wildman–Crippen LogP) is -0.947. The van der Waals surface area contributed by atoms with Gasteiger partial charge in [-0.05, 0) is 31.6 Å². The van der Waals surface area contributed by atoms with Gasteiger partial charge in [-0.25, -0.2) is 12.7 Å². The van der Waals surface area contributed by atoms with E-state index < -0.39 is 21.8 Å². The quantitative estimate of drug-likeness (QED) is 0.655. The maximum atomic E-state index is 11.5. The Balaban J connectivity index is 1.67. The molecule has 20 heavy (non-hydrogen) atoms. The summed E-state index contributed by atoms with van der Waals surface area (Å²) >= 11 is 0. The lowest BCUT2D eigenvalue weighted by molar-refractivity contribution is -0.139. The Hall–Kier alpha value is -1.15. The average Bonchev–Trinajstić information content (AvgIpc) is 3.19. The highest BCUT2D eigenvalue weighted by molar-refractivity contribution is 7.88. The van der Waals surface area contributed by atoms with Crippen molar-refractivity contribution in [1.82, 2.24) is 14.9 Å². The summed E-state index contributed by atoms with van der Waals surface area (Å²) in [6.45, 7) is 1.38. The van der Waals surface area contributed by atoms with Crippen LogP contribution >= 0.6 is 0 Å². The standard InChI is InChI=1S/C12H21N3O4S/c1-20(18,19)15-6-4-9(5-7-15)8-13-11(16)12(17)14-10-2-3-10/h9-10H,2-8H2,1H3,(H,13,16)(H,14,17). The third kappa shape index (κ3) is 4.45. The number of carbonyl (C=O) groups is 2. The van der Waals surface area contributed by atoms with Crippen LogP contribution in [-0.2, 0) is 19.6 Å². The number of nitrogens with one attached hydrogen (secondary N) is 2. The number of nitrogens with zero attached hydrogens (tertiary/aromatic N) is 1. The van der Waals surface area contributed by atoms with Crippen molar-refractivity contribution < 1.29 is 18.0 Å². The molecule has 7 nitrogen and oxygen atoms in total. The van der Waals surface area contributed by atoms with Gasteiger partial charge in [0.25, 0.3) is 0 Å². The van der Waals surface area contributed by atoms with E-state index in [0.717, 1.165) is 12.8 Å². The molecular weight excluding hydrogens is 282 g/mol. The number of piperidine rings is 1. The van der Waals surface area contributed by atoms with Crippen molar-refractivity contribution >= 4 is 21.8 Å². The summed E-state index contributed by atoms with van der Waals surface area (Å²) in [5.41, 5.74) is 0. The fraction of sp³-hybridized carbons (Fsp3) is 0.833. The second-order valence-electron chi connectivity index (χ2n) is 5.56. The van der Waals surface area contributed by atoms with E-state index in [0.29, 0.717) is 32.5 Å². The molecule has 0 bridgehead atoms. The Labute approximate surface area is 119 Å². The lowest BCUT2D eigenvalue weighted by Gasteiger charge is -2.30. The molecule has 0 aromatic rings. The van der Waals surface area contributed by atoms with Crippen molar-refractivity contribution in [2.45, 2.75) is 31.7 Å². The van der Waals surface area contributed by atoms with Crippen LogP contribution in [0, 0.1) is 5.92 Å². The molecule has 2 aliphatic rings. The van der Waals surface area contributed by atoms with E-state index in [-0.39, 0.29) is 12.0 Å². The third-order valence-corrected chi connectivity index (χ3v) is 5.02. The van der Waals surface area contributed by atoms with E-state index in [9.17, 15) is 18.0 Å². The SMILES string of the molecule is CS(=O)(=O)N1CCC(CNC(=O)C(=O)NC2CC2)CC1. The second kappa shape index (κ2) is 6.09. The fourth-order valence-corrected chi connectivity index (χ4v) is 3.12. The lowest BCUT2D eigenvalue weighted by Crippen LogP contribution is -2.45. The molecular formula is C12H21N3O4S. The van der Waals surface area contributed by atoms with Crippen molar-refractivity contribution in [1.29, 1.82) is 0 Å². The van der Waals surface area contributed by atoms with Gasteiger partial charge in [-0.2, -0.15) is 0 Å². The first kappa shape index (κ1) is 15.2. The minimum Gasteiger partial charge on any atom is -0.348 e. The first-order chi connectivity index (χ1) is 9.36. The summed E-state index contributed by atoms with van der Waals surface area (Å²) in [7, 11) is -3.12. The molecule has 0 aromatic carbocycles. The largest absolute Gasteiger partial charge is 0.348 e. The maximum Gasteiger partial charge on any atom is 0.309 e. The summed E-state index contributed by atoms with van der Waals surface area (Å²) in [5, 5.41) is 5.25. The average molecular weight is 303 g/mol. The number of sulfonamides is 1. The monoisotopic (exact) mass is 303 g/mol. The van der Waals surface area contributed by atoms with E-state index in [1.807, 2.05) is 0 Å². The van der Waals surface area contributed by atoms with Gasteiger partial charge in [0, 0.05) is 25.7 Å². The third-order valence-electron chi connectivity index (χ3n) is 3.71. The maximum absolute atomic E-state index is 11.5. The van der Waals surface area contributed by atoms with Gasteiger partial charge in [0.05, 0.1) is 6.26 Å². The molecule has 2 N–H and O–H groups in total. The smallest absolute Gasteiger partial charge is 0.309 e. The molecule has 2 rings (SSSR count). The van der Waals surface area contributed by atoms with Crippen LogP contribution in [-0.4, -0.2) is 56.5 Å². The Bertz CT molecular complexity index is 479. The van der Waals surface area contributed by atoms with Gasteiger partial charge in [0.2, 0.25) is 10.0 Å². The molecule has 114 valence electrons. The molecule has 2 amide bonds. The normalized spacial score (nSPS) is 21.4. The van der Waals surface area contributed by atoms with Crippen LogP contribution in [0.25, 0.3) is 0 Å². The highest BCUT2D eigenvalue weighted by atomic mass is 32.2. The summed E-state index contributed by atoms with van der Waals surface area (Å²) in [5.74, 6) is -0.936.